The smallest absolute Gasteiger partial charge is 0.351 e. The predicted molar refractivity (Wildman–Crippen MR) is 91.1 cm³/mol. The Bertz CT molecular complexity index is 809. The highest BCUT2D eigenvalue weighted by Gasteiger charge is 2.19. The Hall–Kier alpha value is -3.06. The molecule has 0 heterocycles. The number of amides is 1. The van der Waals surface area contributed by atoms with E-state index >= 15 is 0 Å². The molecule has 0 saturated carbocycles. The first-order valence-corrected chi connectivity index (χ1v) is 7.74. The third-order valence-electron chi connectivity index (χ3n) is 3.12. The molecule has 1 unspecified atom stereocenters. The van der Waals surface area contributed by atoms with Crippen LogP contribution in [0.25, 0.3) is 0 Å². The summed E-state index contributed by atoms with van der Waals surface area (Å²) in [6.45, 7) is 0. The Morgan fingerprint density at radius 2 is 1.68 bits per heavy atom. The Morgan fingerprint density at radius 1 is 1.04 bits per heavy atom. The zero-order valence-electron chi connectivity index (χ0n) is 12.9. The molecule has 0 saturated heterocycles. The molecule has 0 bridgehead atoms. The maximum Gasteiger partial charge on any atom is 0.351 e. The molecule has 128 valence electrons. The number of carboxylic acids is 1. The van der Waals surface area contributed by atoms with Crippen molar-refractivity contribution in [2.24, 2.45) is 10.2 Å². The van der Waals surface area contributed by atoms with Gasteiger partial charge in [-0.05, 0) is 12.1 Å². The number of halogens is 1. The van der Waals surface area contributed by atoms with Crippen LogP contribution in [0.3, 0.4) is 0 Å². The van der Waals surface area contributed by atoms with E-state index in [1.807, 2.05) is 0 Å². The zero-order chi connectivity index (χ0) is 18.2. The van der Waals surface area contributed by atoms with Gasteiger partial charge in [-0.25, -0.2) is 4.79 Å². The van der Waals surface area contributed by atoms with Crippen LogP contribution in [0.2, 0.25) is 0 Å². The number of azo groups is 1. The van der Waals surface area contributed by atoms with Crippen LogP contribution < -0.4 is 5.32 Å². The molecular weight excluding hydrogens is 346 g/mol. The Kier molecular flexibility index (Phi) is 6.36. The first kappa shape index (κ1) is 18.3. The number of hydrogen-bond acceptors (Lipinski definition) is 5. The van der Waals surface area contributed by atoms with E-state index < -0.39 is 23.9 Å². The molecule has 0 radical (unpaired) electrons. The standard InChI is InChI=1S/C17H14ClN3O4/c18-10-14(22)19-16(17(24)25)21-20-13-9-5-4-8-12(13)15(23)11-6-2-1-3-7-11/h1-9,16H,10H2,(H,19,22)(H,24,25). The summed E-state index contributed by atoms with van der Waals surface area (Å²) in [5.74, 6) is -2.76. The van der Waals surface area contributed by atoms with Crippen molar-refractivity contribution >= 4 is 34.9 Å². The van der Waals surface area contributed by atoms with Gasteiger partial charge in [0.15, 0.2) is 5.78 Å². The molecule has 2 rings (SSSR count). The van der Waals surface area contributed by atoms with Gasteiger partial charge in [0.25, 0.3) is 0 Å². The zero-order valence-corrected chi connectivity index (χ0v) is 13.7. The SMILES string of the molecule is O=C(CCl)NC(N=Nc1ccccc1C(=O)c1ccccc1)C(=O)O. The van der Waals surface area contributed by atoms with Gasteiger partial charge >= 0.3 is 5.97 Å². The van der Waals surface area contributed by atoms with Crippen LogP contribution in [-0.4, -0.2) is 34.8 Å². The first-order valence-electron chi connectivity index (χ1n) is 7.20. The van der Waals surface area contributed by atoms with Crippen molar-refractivity contribution in [3.63, 3.8) is 0 Å². The van der Waals surface area contributed by atoms with Crippen molar-refractivity contribution in [3.05, 3.63) is 65.7 Å². The van der Waals surface area contributed by atoms with E-state index in [-0.39, 0.29) is 17.0 Å². The molecule has 2 N–H and O–H groups in total. The molecule has 2 aromatic rings. The third-order valence-corrected chi connectivity index (χ3v) is 3.36. The fourth-order valence-corrected chi connectivity index (χ4v) is 2.03. The minimum atomic E-state index is -1.59. The average molecular weight is 360 g/mol. The Balaban J connectivity index is 2.29. The molecule has 0 aliphatic heterocycles. The fourth-order valence-electron chi connectivity index (χ4n) is 1.95. The molecule has 25 heavy (non-hydrogen) atoms. The lowest BCUT2D eigenvalue weighted by Gasteiger charge is -2.08. The van der Waals surface area contributed by atoms with Crippen molar-refractivity contribution in [2.75, 3.05) is 5.88 Å². The normalized spacial score (nSPS) is 11.9. The van der Waals surface area contributed by atoms with E-state index in [1.165, 1.54) is 6.07 Å². The molecular formula is C17H14ClN3O4. The number of ketones is 1. The molecule has 7 nitrogen and oxygen atoms in total. The highest BCUT2D eigenvalue weighted by atomic mass is 35.5. The number of hydrogen-bond donors (Lipinski definition) is 2. The summed E-state index contributed by atoms with van der Waals surface area (Å²) in [7, 11) is 0. The summed E-state index contributed by atoms with van der Waals surface area (Å²) in [6, 6.07) is 15.0. The largest absolute Gasteiger partial charge is 0.478 e. The van der Waals surface area contributed by atoms with Gasteiger partial charge in [-0.2, -0.15) is 10.2 Å². The molecule has 1 atom stereocenters. The van der Waals surface area contributed by atoms with Crippen LogP contribution >= 0.6 is 11.6 Å². The van der Waals surface area contributed by atoms with Gasteiger partial charge in [0.05, 0.1) is 11.3 Å². The summed E-state index contributed by atoms with van der Waals surface area (Å²) in [5.41, 5.74) is 0.934. The van der Waals surface area contributed by atoms with Crippen LogP contribution in [0.5, 0.6) is 0 Å². The Labute approximate surface area is 148 Å². The summed E-state index contributed by atoms with van der Waals surface area (Å²) in [6.07, 6.45) is -1.59. The molecule has 0 spiro atoms. The van der Waals surface area contributed by atoms with E-state index in [1.54, 1.807) is 48.5 Å². The van der Waals surface area contributed by atoms with Crippen LogP contribution in [0.1, 0.15) is 15.9 Å². The van der Waals surface area contributed by atoms with Gasteiger partial charge in [0.2, 0.25) is 12.1 Å². The summed E-state index contributed by atoms with van der Waals surface area (Å²) in [5, 5.41) is 18.6. The number of nitrogens with zero attached hydrogens (tertiary/aromatic N) is 2. The summed E-state index contributed by atoms with van der Waals surface area (Å²) in [4.78, 5) is 34.9. The number of rotatable bonds is 7. The lowest BCUT2D eigenvalue weighted by atomic mass is 10.0. The third kappa shape index (κ3) is 4.95. The minimum absolute atomic E-state index is 0.197. The molecule has 8 heteroatoms. The van der Waals surface area contributed by atoms with E-state index in [2.05, 4.69) is 15.5 Å². The average Bonchev–Trinajstić information content (AvgIpc) is 2.65. The summed E-state index contributed by atoms with van der Waals surface area (Å²) < 4.78 is 0. The lowest BCUT2D eigenvalue weighted by molar-refractivity contribution is -0.141. The van der Waals surface area contributed by atoms with E-state index in [0.717, 1.165) is 0 Å². The van der Waals surface area contributed by atoms with Gasteiger partial charge in [-0.3, -0.25) is 9.59 Å². The highest BCUT2D eigenvalue weighted by molar-refractivity contribution is 6.27. The molecule has 1 amide bonds. The van der Waals surface area contributed by atoms with Crippen molar-refractivity contribution in [2.45, 2.75) is 6.17 Å². The Morgan fingerprint density at radius 3 is 2.32 bits per heavy atom. The topological polar surface area (TPSA) is 108 Å². The second-order valence-corrected chi connectivity index (χ2v) is 5.14. The monoisotopic (exact) mass is 359 g/mol. The number of carboxylic acid groups (broad SMARTS) is 1. The molecule has 0 aliphatic rings. The molecule has 0 aromatic heterocycles. The van der Waals surface area contributed by atoms with Gasteiger partial charge in [0, 0.05) is 5.56 Å². The number of carbonyl (C=O) groups excluding carboxylic acids is 2. The van der Waals surface area contributed by atoms with Gasteiger partial charge in [-0.15, -0.1) is 11.6 Å². The van der Waals surface area contributed by atoms with Crippen LogP contribution in [0.4, 0.5) is 5.69 Å². The highest BCUT2D eigenvalue weighted by Crippen LogP contribution is 2.22. The van der Waals surface area contributed by atoms with E-state index in [4.69, 9.17) is 16.7 Å². The van der Waals surface area contributed by atoms with Crippen molar-refractivity contribution in [3.8, 4) is 0 Å². The van der Waals surface area contributed by atoms with Gasteiger partial charge < -0.3 is 10.4 Å². The van der Waals surface area contributed by atoms with Crippen LogP contribution in [0, 0.1) is 0 Å². The minimum Gasteiger partial charge on any atom is -0.478 e. The number of nitrogens with one attached hydrogen (secondary N) is 1. The van der Waals surface area contributed by atoms with Gasteiger partial charge in [-0.1, -0.05) is 42.5 Å². The predicted octanol–water partition coefficient (Wildman–Crippen LogP) is 2.77. The second kappa shape index (κ2) is 8.70. The second-order valence-electron chi connectivity index (χ2n) is 4.87. The molecule has 2 aromatic carbocycles. The van der Waals surface area contributed by atoms with Crippen LogP contribution in [-0.2, 0) is 9.59 Å². The fraction of sp³-hybridized carbons (Fsp3) is 0.118. The number of carbonyl (C=O) groups is 3. The van der Waals surface area contributed by atoms with E-state index in [9.17, 15) is 14.4 Å². The van der Waals surface area contributed by atoms with E-state index in [0.29, 0.717) is 5.56 Å². The quantitative estimate of drug-likeness (QED) is 0.450. The van der Waals surface area contributed by atoms with Crippen LogP contribution in [0.15, 0.2) is 64.8 Å². The van der Waals surface area contributed by atoms with Gasteiger partial charge in [0.1, 0.15) is 5.88 Å². The number of alkyl halides is 1. The number of aliphatic carboxylic acids is 1. The summed E-state index contributed by atoms with van der Waals surface area (Å²) >= 11 is 5.33. The number of benzene rings is 2. The maximum atomic E-state index is 12.6. The molecule has 0 fully saturated rings. The first-order chi connectivity index (χ1) is 12.0. The molecule has 0 aliphatic carbocycles. The van der Waals surface area contributed by atoms with Crippen molar-refractivity contribution in [1.82, 2.24) is 5.32 Å². The lowest BCUT2D eigenvalue weighted by Crippen LogP contribution is -2.39. The maximum absolute atomic E-state index is 12.6. The van der Waals surface area contributed by atoms with Crippen molar-refractivity contribution in [1.29, 1.82) is 0 Å². The van der Waals surface area contributed by atoms with Crippen molar-refractivity contribution < 1.29 is 19.5 Å².